The predicted octanol–water partition coefficient (Wildman–Crippen LogP) is 5.49. The number of rotatable bonds is 19. The van der Waals surface area contributed by atoms with Gasteiger partial charge in [0.25, 0.3) is 11.8 Å². The highest BCUT2D eigenvalue weighted by Crippen LogP contribution is 2.18. The zero-order chi connectivity index (χ0) is 28.3. The van der Waals surface area contributed by atoms with Crippen LogP contribution in [0.25, 0.3) is 0 Å². The van der Waals surface area contributed by atoms with Crippen LogP contribution in [0.1, 0.15) is 71.1 Å². The number of nitrogens with zero attached hydrogens (tertiary/aromatic N) is 2. The summed E-state index contributed by atoms with van der Waals surface area (Å²) >= 11 is 6.01. The second-order valence-corrected chi connectivity index (χ2v) is 9.61. The summed E-state index contributed by atoms with van der Waals surface area (Å²) in [5, 5.41) is 0. The van der Waals surface area contributed by atoms with E-state index in [1.54, 1.807) is 19.1 Å². The summed E-state index contributed by atoms with van der Waals surface area (Å²) in [6.45, 7) is 2.59. The number of imide groups is 1. The van der Waals surface area contributed by atoms with E-state index >= 15 is 0 Å². The van der Waals surface area contributed by atoms with Crippen LogP contribution < -0.4 is 0 Å². The molecule has 0 aliphatic carbocycles. The molecule has 38 heavy (non-hydrogen) atoms. The van der Waals surface area contributed by atoms with E-state index in [0.717, 1.165) is 17.7 Å². The van der Waals surface area contributed by atoms with Gasteiger partial charge in [-0.15, -0.1) is 0 Å². The molecule has 0 saturated heterocycles. The summed E-state index contributed by atoms with van der Waals surface area (Å²) in [5.74, 6) is -0.200. The van der Waals surface area contributed by atoms with Crippen LogP contribution >= 0.6 is 11.6 Å². The third kappa shape index (κ3) is 12.8. The maximum Gasteiger partial charge on any atom is 0.257 e. The van der Waals surface area contributed by atoms with Gasteiger partial charge < -0.3 is 19.1 Å². The number of ether oxygens (including phenoxy) is 3. The number of carbonyl (C=O) groups excluding carboxylic acids is 3. The Morgan fingerprint density at radius 3 is 2.50 bits per heavy atom. The molecule has 0 aromatic heterocycles. The van der Waals surface area contributed by atoms with Crippen LogP contribution in [-0.4, -0.2) is 75.1 Å². The highest BCUT2D eigenvalue weighted by atomic mass is 35.5. The molecule has 0 aromatic carbocycles. The molecule has 1 rings (SSSR count). The number of carbonyl (C=O) groups is 3. The topological polar surface area (TPSA) is 85.4 Å². The Labute approximate surface area is 233 Å². The molecule has 0 bridgehead atoms. The lowest BCUT2D eigenvalue weighted by atomic mass is 10.1. The molecule has 1 atom stereocenters. The van der Waals surface area contributed by atoms with Gasteiger partial charge in [-0.3, -0.25) is 19.3 Å². The summed E-state index contributed by atoms with van der Waals surface area (Å²) in [5.41, 5.74) is 2.09. The van der Waals surface area contributed by atoms with Gasteiger partial charge in [0.05, 0.1) is 26.9 Å². The van der Waals surface area contributed by atoms with E-state index in [4.69, 9.17) is 25.8 Å². The van der Waals surface area contributed by atoms with Crippen molar-refractivity contribution >= 4 is 29.3 Å². The van der Waals surface area contributed by atoms with Crippen LogP contribution in [0, 0.1) is 0 Å². The average Bonchev–Trinajstić information content (AvgIpc) is 3.31. The van der Waals surface area contributed by atoms with E-state index in [9.17, 15) is 14.4 Å². The Balaban J connectivity index is 2.47. The molecule has 0 saturated carbocycles. The third-order valence-electron chi connectivity index (χ3n) is 6.41. The molecule has 0 N–H and O–H groups in total. The monoisotopic (exact) mass is 552 g/mol. The molecule has 0 aromatic rings. The minimum Gasteiger partial charge on any atom is -0.501 e. The Hall–Kier alpha value is -2.58. The zero-order valence-corrected chi connectivity index (χ0v) is 24.4. The molecule has 0 spiro atoms. The van der Waals surface area contributed by atoms with Crippen molar-refractivity contribution in [3.05, 3.63) is 46.9 Å². The summed E-state index contributed by atoms with van der Waals surface area (Å²) in [6, 6.07) is 0. The van der Waals surface area contributed by atoms with Gasteiger partial charge in [0.1, 0.15) is 11.5 Å². The number of allylic oxidation sites excluding steroid dienone is 2. The molecule has 0 unspecified atom stereocenters. The molecule has 214 valence electrons. The fourth-order valence-corrected chi connectivity index (χ4v) is 4.17. The fourth-order valence-electron chi connectivity index (χ4n) is 4.02. The van der Waals surface area contributed by atoms with Crippen LogP contribution in [0.5, 0.6) is 0 Å². The van der Waals surface area contributed by atoms with Crippen LogP contribution in [-0.2, 0) is 28.6 Å². The molecule has 0 fully saturated rings. The Bertz CT molecular complexity index is 880. The van der Waals surface area contributed by atoms with Crippen molar-refractivity contribution < 1.29 is 28.6 Å². The first-order valence-electron chi connectivity index (χ1n) is 13.3. The Kier molecular flexibility index (Phi) is 17.1. The number of methoxy groups -OCH3 is 3. The number of hydrogen-bond donors (Lipinski definition) is 0. The number of unbranched alkanes of at least 4 members (excludes halogenated alkanes) is 4. The van der Waals surface area contributed by atoms with Gasteiger partial charge in [0, 0.05) is 51.2 Å². The average molecular weight is 553 g/mol. The van der Waals surface area contributed by atoms with Crippen molar-refractivity contribution in [1.29, 1.82) is 0 Å². The smallest absolute Gasteiger partial charge is 0.257 e. The molecular formula is C29H45ClN2O6. The van der Waals surface area contributed by atoms with Gasteiger partial charge in [0.15, 0.2) is 0 Å². The highest BCUT2D eigenvalue weighted by Gasteiger charge is 2.27. The fraction of sp³-hybridized carbons (Fsp3) is 0.621. The number of halogens is 1. The lowest BCUT2D eigenvalue weighted by Gasteiger charge is -2.19. The van der Waals surface area contributed by atoms with Crippen molar-refractivity contribution in [2.24, 2.45) is 0 Å². The van der Waals surface area contributed by atoms with Gasteiger partial charge in [-0.05, 0) is 24.8 Å². The largest absolute Gasteiger partial charge is 0.501 e. The normalized spacial score (nSPS) is 15.2. The number of likely N-dealkylation sites (N-methyl/N-ethyl adjacent to an activating group) is 1. The summed E-state index contributed by atoms with van der Waals surface area (Å²) in [7, 11) is 6.36. The first kappa shape index (κ1) is 33.4. The van der Waals surface area contributed by atoms with Gasteiger partial charge in [-0.1, -0.05) is 62.8 Å². The Morgan fingerprint density at radius 2 is 1.89 bits per heavy atom. The van der Waals surface area contributed by atoms with Crippen LogP contribution in [0.4, 0.5) is 0 Å². The molecule has 9 heteroatoms. The van der Waals surface area contributed by atoms with Crippen molar-refractivity contribution in [2.45, 2.75) is 77.2 Å². The zero-order valence-electron chi connectivity index (χ0n) is 23.7. The summed E-state index contributed by atoms with van der Waals surface area (Å²) in [4.78, 5) is 39.8. The van der Waals surface area contributed by atoms with Crippen molar-refractivity contribution in [1.82, 2.24) is 9.80 Å². The SMILES string of the molecule is CCCCCCC[C@@H](C/C=C/CCC(=O)N(C)C/C(=C\Cl)C/C(=C/C(=O)N1CC(OC)=CC1=O)OC)OC. The molecule has 1 aliphatic heterocycles. The summed E-state index contributed by atoms with van der Waals surface area (Å²) in [6.07, 6.45) is 16.3. The second kappa shape index (κ2) is 19.5. The van der Waals surface area contributed by atoms with E-state index in [-0.39, 0.29) is 25.0 Å². The van der Waals surface area contributed by atoms with Gasteiger partial charge >= 0.3 is 0 Å². The van der Waals surface area contributed by atoms with Crippen LogP contribution in [0.3, 0.4) is 0 Å². The second-order valence-electron chi connectivity index (χ2n) is 9.39. The molecular weight excluding hydrogens is 508 g/mol. The van der Waals surface area contributed by atoms with Gasteiger partial charge in [0.2, 0.25) is 5.91 Å². The number of amides is 3. The Morgan fingerprint density at radius 1 is 1.16 bits per heavy atom. The quantitative estimate of drug-likeness (QED) is 0.0911. The molecule has 1 heterocycles. The first-order valence-corrected chi connectivity index (χ1v) is 13.8. The third-order valence-corrected chi connectivity index (χ3v) is 6.72. The number of hydrogen-bond acceptors (Lipinski definition) is 6. The minimum atomic E-state index is -0.507. The van der Waals surface area contributed by atoms with E-state index in [1.807, 2.05) is 6.08 Å². The molecule has 3 amide bonds. The van der Waals surface area contributed by atoms with Crippen molar-refractivity contribution in [3.8, 4) is 0 Å². The first-order chi connectivity index (χ1) is 18.3. The molecule has 1 aliphatic rings. The lowest BCUT2D eigenvalue weighted by Crippen LogP contribution is -2.32. The summed E-state index contributed by atoms with van der Waals surface area (Å²) < 4.78 is 16.0. The van der Waals surface area contributed by atoms with Crippen molar-refractivity contribution in [2.75, 3.05) is 41.5 Å². The molecule has 0 radical (unpaired) electrons. The minimum absolute atomic E-state index is 0.00950. The van der Waals surface area contributed by atoms with Crippen LogP contribution in [0.2, 0.25) is 0 Å². The maximum atomic E-state index is 12.6. The lowest BCUT2D eigenvalue weighted by molar-refractivity contribution is -0.137. The van der Waals surface area contributed by atoms with E-state index < -0.39 is 11.8 Å². The predicted molar refractivity (Wildman–Crippen MR) is 150 cm³/mol. The van der Waals surface area contributed by atoms with Crippen molar-refractivity contribution in [3.63, 3.8) is 0 Å². The van der Waals surface area contributed by atoms with Gasteiger partial charge in [-0.25, -0.2) is 0 Å². The van der Waals surface area contributed by atoms with E-state index in [0.29, 0.717) is 36.5 Å². The highest BCUT2D eigenvalue weighted by molar-refractivity contribution is 6.25. The van der Waals surface area contributed by atoms with Gasteiger partial charge in [-0.2, -0.15) is 0 Å². The molecule has 8 nitrogen and oxygen atoms in total. The van der Waals surface area contributed by atoms with Crippen LogP contribution in [0.15, 0.2) is 46.9 Å². The van der Waals surface area contributed by atoms with E-state index in [1.165, 1.54) is 64.0 Å². The van der Waals surface area contributed by atoms with E-state index in [2.05, 4.69) is 13.0 Å². The maximum absolute atomic E-state index is 12.6. The standard InChI is InChI=1S/C29H45ClN2O6/c1-6-7-8-9-11-14-24(36-3)15-12-10-13-16-27(33)31(2)21-23(20-30)17-25(37-4)18-28(34)32-22-26(38-5)19-29(32)35/h10,12,18-20,24H,6-9,11,13-17,21-22H2,1-5H3/b12-10+,23-20-,25-18-/t24-/m0/s1.